The molecule has 14 heavy (non-hydrogen) atoms. The van der Waals surface area contributed by atoms with Crippen LogP contribution in [0.1, 0.15) is 19.3 Å². The fraction of sp³-hybridized carbons (Fsp3) is 0.889. The van der Waals surface area contributed by atoms with Crippen LogP contribution in [-0.4, -0.2) is 43.8 Å². The van der Waals surface area contributed by atoms with E-state index in [0.717, 1.165) is 6.42 Å². The summed E-state index contributed by atoms with van der Waals surface area (Å²) >= 11 is 0. The number of ether oxygens (including phenoxy) is 3. The first-order chi connectivity index (χ1) is 6.79. The van der Waals surface area contributed by atoms with E-state index in [9.17, 15) is 4.79 Å². The number of rotatable bonds is 6. The summed E-state index contributed by atoms with van der Waals surface area (Å²) in [6.07, 6.45) is 1.64. The molecule has 0 unspecified atom stereocenters. The number of unbranched alkanes of at least 4 members (excludes halogenated alkanes) is 1. The predicted octanol–water partition coefficient (Wildman–Crippen LogP) is 0.631. The first kappa shape index (κ1) is 11.4. The monoisotopic (exact) mass is 204 g/mol. The van der Waals surface area contributed by atoms with Gasteiger partial charge in [0.1, 0.15) is 12.9 Å². The molecule has 0 atom stereocenters. The molecular formula is C9H16O5. The molecule has 1 saturated heterocycles. The molecule has 0 aliphatic carbocycles. The average Bonchev–Trinajstić information content (AvgIpc) is 2.18. The minimum absolute atomic E-state index is 0.00794. The Kier molecular flexibility index (Phi) is 5.51. The summed E-state index contributed by atoms with van der Waals surface area (Å²) in [5, 5.41) is 8.38. The van der Waals surface area contributed by atoms with Gasteiger partial charge >= 0.3 is 5.97 Å². The first-order valence-electron chi connectivity index (χ1n) is 4.78. The molecule has 1 aliphatic rings. The summed E-state index contributed by atoms with van der Waals surface area (Å²) in [6.45, 7) is 2.06. The molecule has 1 aliphatic heterocycles. The van der Waals surface area contributed by atoms with E-state index in [1.807, 2.05) is 0 Å². The number of carboxylic acid groups (broad SMARTS) is 1. The zero-order valence-corrected chi connectivity index (χ0v) is 8.11. The van der Waals surface area contributed by atoms with Crippen LogP contribution in [0.15, 0.2) is 0 Å². The van der Waals surface area contributed by atoms with E-state index in [-0.39, 0.29) is 12.5 Å². The number of carbonyl (C=O) groups is 1. The van der Waals surface area contributed by atoms with Gasteiger partial charge in [0.2, 0.25) is 0 Å². The van der Waals surface area contributed by atoms with Crippen LogP contribution in [0.4, 0.5) is 0 Å². The van der Waals surface area contributed by atoms with Crippen molar-refractivity contribution in [3.8, 4) is 0 Å². The third-order valence-electron chi connectivity index (χ3n) is 1.91. The van der Waals surface area contributed by atoms with Crippen molar-refractivity contribution in [2.24, 2.45) is 0 Å². The topological polar surface area (TPSA) is 65.0 Å². The average molecular weight is 204 g/mol. The smallest absolute Gasteiger partial charge is 0.303 e. The van der Waals surface area contributed by atoms with Gasteiger partial charge in [-0.3, -0.25) is 4.79 Å². The second-order valence-electron chi connectivity index (χ2n) is 3.20. The molecule has 0 radical (unpaired) electrons. The van der Waals surface area contributed by atoms with Gasteiger partial charge < -0.3 is 19.3 Å². The van der Waals surface area contributed by atoms with Crippen molar-refractivity contribution in [2.45, 2.75) is 25.4 Å². The lowest BCUT2D eigenvalue weighted by molar-refractivity contribution is -0.167. The van der Waals surface area contributed by atoms with Gasteiger partial charge in [0.25, 0.3) is 0 Å². The third-order valence-corrected chi connectivity index (χ3v) is 1.91. The van der Waals surface area contributed by atoms with Crippen molar-refractivity contribution in [1.82, 2.24) is 0 Å². The van der Waals surface area contributed by atoms with Crippen molar-refractivity contribution in [1.29, 1.82) is 0 Å². The lowest BCUT2D eigenvalue weighted by Crippen LogP contribution is -2.31. The summed E-state index contributed by atoms with van der Waals surface area (Å²) in [5.74, 6) is -0.755. The largest absolute Gasteiger partial charge is 0.481 e. The molecule has 1 heterocycles. The minimum atomic E-state index is -0.755. The molecule has 5 nitrogen and oxygen atoms in total. The standard InChI is InChI=1S/C9H16O5/c10-9(11)3-1-2-4-14-8-5-12-7-13-6-8/h8H,1-7H2,(H,10,11). The van der Waals surface area contributed by atoms with Crippen molar-refractivity contribution in [3.63, 3.8) is 0 Å². The van der Waals surface area contributed by atoms with Crippen molar-refractivity contribution >= 4 is 5.97 Å². The molecule has 0 bridgehead atoms. The molecule has 0 aromatic carbocycles. The van der Waals surface area contributed by atoms with Crippen molar-refractivity contribution in [3.05, 3.63) is 0 Å². The second kappa shape index (κ2) is 6.75. The molecule has 1 fully saturated rings. The summed E-state index contributed by atoms with van der Waals surface area (Å²) in [6, 6.07) is 0. The highest BCUT2D eigenvalue weighted by atomic mass is 16.7. The lowest BCUT2D eigenvalue weighted by atomic mass is 10.2. The fourth-order valence-corrected chi connectivity index (χ4v) is 1.19. The summed E-state index contributed by atoms with van der Waals surface area (Å²) in [7, 11) is 0. The zero-order chi connectivity index (χ0) is 10.2. The third kappa shape index (κ3) is 5.16. The number of carboxylic acids is 1. The van der Waals surface area contributed by atoms with Crippen LogP contribution in [0.3, 0.4) is 0 Å². The maximum Gasteiger partial charge on any atom is 0.303 e. The molecule has 0 spiro atoms. The molecule has 5 heteroatoms. The quantitative estimate of drug-likeness (QED) is 0.643. The Bertz CT molecular complexity index is 165. The normalized spacial score (nSPS) is 18.3. The van der Waals surface area contributed by atoms with Gasteiger partial charge in [-0.25, -0.2) is 0 Å². The van der Waals surface area contributed by atoms with Gasteiger partial charge in [-0.05, 0) is 12.8 Å². The van der Waals surface area contributed by atoms with Gasteiger partial charge in [-0.15, -0.1) is 0 Å². The van der Waals surface area contributed by atoms with Gasteiger partial charge in [-0.2, -0.15) is 0 Å². The molecule has 82 valence electrons. The Labute approximate surface area is 82.9 Å². The van der Waals surface area contributed by atoms with E-state index in [1.165, 1.54) is 0 Å². The van der Waals surface area contributed by atoms with E-state index in [2.05, 4.69) is 0 Å². The Balaban J connectivity index is 1.90. The summed E-state index contributed by atoms with van der Waals surface area (Å²) in [5.41, 5.74) is 0. The summed E-state index contributed by atoms with van der Waals surface area (Å²) < 4.78 is 15.5. The van der Waals surface area contributed by atoms with Crippen LogP contribution in [0, 0.1) is 0 Å². The van der Waals surface area contributed by atoms with Crippen molar-refractivity contribution in [2.75, 3.05) is 26.6 Å². The van der Waals surface area contributed by atoms with Crippen LogP contribution >= 0.6 is 0 Å². The Morgan fingerprint density at radius 1 is 1.36 bits per heavy atom. The lowest BCUT2D eigenvalue weighted by Gasteiger charge is -2.22. The van der Waals surface area contributed by atoms with E-state index in [4.69, 9.17) is 19.3 Å². The Hall–Kier alpha value is -0.650. The molecule has 1 rings (SSSR count). The van der Waals surface area contributed by atoms with Gasteiger partial charge in [-0.1, -0.05) is 0 Å². The van der Waals surface area contributed by atoms with Crippen LogP contribution in [0.5, 0.6) is 0 Å². The molecule has 1 N–H and O–H groups in total. The highest BCUT2D eigenvalue weighted by Gasteiger charge is 2.13. The van der Waals surface area contributed by atoms with Crippen LogP contribution in [0.2, 0.25) is 0 Å². The maximum atomic E-state index is 10.2. The van der Waals surface area contributed by atoms with Gasteiger partial charge in [0.15, 0.2) is 0 Å². The van der Waals surface area contributed by atoms with Gasteiger partial charge in [0.05, 0.1) is 13.2 Å². The fourth-order valence-electron chi connectivity index (χ4n) is 1.19. The molecule has 0 amide bonds. The van der Waals surface area contributed by atoms with Crippen LogP contribution in [-0.2, 0) is 19.0 Å². The summed E-state index contributed by atoms with van der Waals surface area (Å²) in [4.78, 5) is 10.2. The second-order valence-corrected chi connectivity index (χ2v) is 3.20. The number of aliphatic carboxylic acids is 1. The van der Waals surface area contributed by atoms with E-state index in [0.29, 0.717) is 33.0 Å². The van der Waals surface area contributed by atoms with E-state index < -0.39 is 5.97 Å². The Morgan fingerprint density at radius 2 is 2.07 bits per heavy atom. The Morgan fingerprint density at radius 3 is 2.71 bits per heavy atom. The molecule has 0 saturated carbocycles. The number of hydrogen-bond acceptors (Lipinski definition) is 4. The molecule has 0 aromatic heterocycles. The predicted molar refractivity (Wildman–Crippen MR) is 48.0 cm³/mol. The molecular weight excluding hydrogens is 188 g/mol. The maximum absolute atomic E-state index is 10.2. The highest BCUT2D eigenvalue weighted by Crippen LogP contribution is 2.03. The first-order valence-corrected chi connectivity index (χ1v) is 4.78. The van der Waals surface area contributed by atoms with E-state index >= 15 is 0 Å². The van der Waals surface area contributed by atoms with Crippen LogP contribution in [0.25, 0.3) is 0 Å². The van der Waals surface area contributed by atoms with E-state index in [1.54, 1.807) is 0 Å². The van der Waals surface area contributed by atoms with Gasteiger partial charge in [0, 0.05) is 13.0 Å². The zero-order valence-electron chi connectivity index (χ0n) is 8.11. The highest BCUT2D eigenvalue weighted by molar-refractivity contribution is 5.66. The number of hydrogen-bond donors (Lipinski definition) is 1. The van der Waals surface area contributed by atoms with Crippen molar-refractivity contribution < 1.29 is 24.1 Å². The molecule has 0 aromatic rings. The minimum Gasteiger partial charge on any atom is -0.481 e. The SMILES string of the molecule is O=C(O)CCCCOC1COCOC1. The van der Waals surface area contributed by atoms with Crippen LogP contribution < -0.4 is 0 Å².